The SMILES string of the molecule is CCCCN(C)S(=O)(=O)c1ccc(NC(=O)c2ccc(OC)cc2F)cc1. The number of amides is 1. The summed E-state index contributed by atoms with van der Waals surface area (Å²) in [4.78, 5) is 12.4. The van der Waals surface area contributed by atoms with Gasteiger partial charge < -0.3 is 10.1 Å². The molecule has 0 heterocycles. The number of ether oxygens (including phenoxy) is 1. The van der Waals surface area contributed by atoms with Gasteiger partial charge in [0.2, 0.25) is 10.0 Å². The van der Waals surface area contributed by atoms with Gasteiger partial charge >= 0.3 is 0 Å². The van der Waals surface area contributed by atoms with Gasteiger partial charge in [0.05, 0.1) is 17.6 Å². The van der Waals surface area contributed by atoms with Gasteiger partial charge in [-0.05, 0) is 42.8 Å². The number of rotatable bonds is 8. The quantitative estimate of drug-likeness (QED) is 0.743. The van der Waals surface area contributed by atoms with Crippen LogP contribution in [0.25, 0.3) is 0 Å². The first-order valence-electron chi connectivity index (χ1n) is 8.51. The average molecular weight is 394 g/mol. The average Bonchev–Trinajstić information content (AvgIpc) is 2.66. The minimum Gasteiger partial charge on any atom is -0.497 e. The first-order valence-corrected chi connectivity index (χ1v) is 9.95. The van der Waals surface area contributed by atoms with Crippen molar-refractivity contribution in [3.05, 3.63) is 53.8 Å². The molecule has 0 unspecified atom stereocenters. The van der Waals surface area contributed by atoms with E-state index >= 15 is 0 Å². The molecule has 0 saturated heterocycles. The number of hydrogen-bond donors (Lipinski definition) is 1. The Hall–Kier alpha value is -2.45. The maximum atomic E-state index is 14.0. The molecular weight excluding hydrogens is 371 g/mol. The van der Waals surface area contributed by atoms with Crippen molar-refractivity contribution in [3.63, 3.8) is 0 Å². The van der Waals surface area contributed by atoms with Crippen LogP contribution in [-0.2, 0) is 10.0 Å². The molecule has 2 rings (SSSR count). The first kappa shape index (κ1) is 20.9. The minimum absolute atomic E-state index is 0.133. The summed E-state index contributed by atoms with van der Waals surface area (Å²) in [6.45, 7) is 2.43. The molecular formula is C19H23FN2O4S. The predicted octanol–water partition coefficient (Wildman–Crippen LogP) is 3.51. The molecule has 0 bridgehead atoms. The Morgan fingerprint density at radius 3 is 2.41 bits per heavy atom. The molecule has 8 heteroatoms. The van der Waals surface area contributed by atoms with Gasteiger partial charge in [0.1, 0.15) is 11.6 Å². The second-order valence-electron chi connectivity index (χ2n) is 6.00. The van der Waals surface area contributed by atoms with Gasteiger partial charge in [-0.25, -0.2) is 17.1 Å². The Morgan fingerprint density at radius 2 is 1.85 bits per heavy atom. The van der Waals surface area contributed by atoms with Crippen LogP contribution in [0.4, 0.5) is 10.1 Å². The number of carbonyl (C=O) groups is 1. The number of benzene rings is 2. The third kappa shape index (κ3) is 5.05. The molecule has 0 aliphatic heterocycles. The fourth-order valence-corrected chi connectivity index (χ4v) is 3.61. The van der Waals surface area contributed by atoms with Crippen LogP contribution in [-0.4, -0.2) is 39.3 Å². The van der Waals surface area contributed by atoms with Crippen LogP contribution in [0.3, 0.4) is 0 Å². The lowest BCUT2D eigenvalue weighted by Crippen LogP contribution is -2.27. The highest BCUT2D eigenvalue weighted by atomic mass is 32.2. The summed E-state index contributed by atoms with van der Waals surface area (Å²) in [5, 5.41) is 2.55. The van der Waals surface area contributed by atoms with Gasteiger partial charge in [0.15, 0.2) is 0 Å². The molecule has 1 N–H and O–H groups in total. The van der Waals surface area contributed by atoms with E-state index in [0.29, 0.717) is 18.0 Å². The summed E-state index contributed by atoms with van der Waals surface area (Å²) in [6, 6.07) is 9.71. The highest BCUT2D eigenvalue weighted by molar-refractivity contribution is 7.89. The molecule has 6 nitrogen and oxygen atoms in total. The molecule has 0 saturated carbocycles. The number of halogens is 1. The molecule has 1 amide bonds. The lowest BCUT2D eigenvalue weighted by Gasteiger charge is -2.17. The standard InChI is InChI=1S/C19H23FN2O4S/c1-4-5-12-22(2)27(24,25)16-9-6-14(7-10-16)21-19(23)17-11-8-15(26-3)13-18(17)20/h6-11,13H,4-5,12H2,1-3H3,(H,21,23). The van der Waals surface area contributed by atoms with Crippen LogP contribution in [0.1, 0.15) is 30.1 Å². The van der Waals surface area contributed by atoms with Gasteiger partial charge in [-0.1, -0.05) is 13.3 Å². The molecule has 146 valence electrons. The van der Waals surface area contributed by atoms with Crippen molar-refractivity contribution in [1.29, 1.82) is 0 Å². The second-order valence-corrected chi connectivity index (χ2v) is 8.05. The van der Waals surface area contributed by atoms with E-state index in [1.165, 1.54) is 54.9 Å². The molecule has 2 aromatic carbocycles. The van der Waals surface area contributed by atoms with Crippen LogP contribution in [0.15, 0.2) is 47.4 Å². The number of anilines is 1. The van der Waals surface area contributed by atoms with Gasteiger partial charge in [-0.3, -0.25) is 4.79 Å². The Morgan fingerprint density at radius 1 is 1.19 bits per heavy atom. The number of carbonyl (C=O) groups excluding carboxylic acids is 1. The molecule has 0 atom stereocenters. The molecule has 0 aromatic heterocycles. The third-order valence-electron chi connectivity index (χ3n) is 4.07. The van der Waals surface area contributed by atoms with Crippen molar-refractivity contribution < 1.29 is 22.3 Å². The summed E-state index contributed by atoms with van der Waals surface area (Å²) in [5.74, 6) is -1.03. The zero-order chi connectivity index (χ0) is 20.0. The Balaban J connectivity index is 2.12. The van der Waals surface area contributed by atoms with E-state index in [-0.39, 0.29) is 10.5 Å². The van der Waals surface area contributed by atoms with Crippen molar-refractivity contribution in [3.8, 4) is 5.75 Å². The Bertz CT molecular complexity index is 898. The van der Waals surface area contributed by atoms with Crippen LogP contribution in [0, 0.1) is 5.82 Å². The summed E-state index contributed by atoms with van der Waals surface area (Å²) in [7, 11) is -0.635. The Kier molecular flexibility index (Phi) is 6.92. The molecule has 0 aliphatic rings. The van der Waals surface area contributed by atoms with E-state index < -0.39 is 21.7 Å². The van der Waals surface area contributed by atoms with E-state index in [4.69, 9.17) is 4.74 Å². The van der Waals surface area contributed by atoms with Crippen molar-refractivity contribution >= 4 is 21.6 Å². The van der Waals surface area contributed by atoms with Gasteiger partial charge in [-0.15, -0.1) is 0 Å². The highest BCUT2D eigenvalue weighted by Crippen LogP contribution is 2.20. The van der Waals surface area contributed by atoms with Crippen molar-refractivity contribution in [1.82, 2.24) is 4.31 Å². The number of unbranched alkanes of at least 4 members (excludes halogenated alkanes) is 1. The number of sulfonamides is 1. The predicted molar refractivity (Wildman–Crippen MR) is 102 cm³/mol. The fraction of sp³-hybridized carbons (Fsp3) is 0.316. The number of methoxy groups -OCH3 is 1. The summed E-state index contributed by atoms with van der Waals surface area (Å²) in [5.41, 5.74) is 0.233. The lowest BCUT2D eigenvalue weighted by molar-refractivity contribution is 0.102. The first-order chi connectivity index (χ1) is 12.8. The van der Waals surface area contributed by atoms with Crippen molar-refractivity contribution in [2.24, 2.45) is 0 Å². The Labute approximate surface area is 159 Å². The van der Waals surface area contributed by atoms with E-state index in [9.17, 15) is 17.6 Å². The summed E-state index contributed by atoms with van der Waals surface area (Å²) < 4.78 is 45.1. The zero-order valence-electron chi connectivity index (χ0n) is 15.5. The topological polar surface area (TPSA) is 75.7 Å². The smallest absolute Gasteiger partial charge is 0.258 e. The minimum atomic E-state index is -3.58. The normalized spacial score (nSPS) is 11.4. The van der Waals surface area contributed by atoms with E-state index in [0.717, 1.165) is 18.9 Å². The van der Waals surface area contributed by atoms with E-state index in [2.05, 4.69) is 5.32 Å². The molecule has 0 radical (unpaired) electrons. The van der Waals surface area contributed by atoms with Crippen LogP contribution in [0.5, 0.6) is 5.75 Å². The lowest BCUT2D eigenvalue weighted by atomic mass is 10.2. The van der Waals surface area contributed by atoms with Crippen molar-refractivity contribution in [2.45, 2.75) is 24.7 Å². The third-order valence-corrected chi connectivity index (χ3v) is 5.94. The number of nitrogens with zero attached hydrogens (tertiary/aromatic N) is 1. The maximum Gasteiger partial charge on any atom is 0.258 e. The highest BCUT2D eigenvalue weighted by Gasteiger charge is 2.20. The number of hydrogen-bond acceptors (Lipinski definition) is 4. The molecule has 0 fully saturated rings. The monoisotopic (exact) mass is 394 g/mol. The van der Waals surface area contributed by atoms with E-state index in [1.54, 1.807) is 0 Å². The van der Waals surface area contributed by atoms with Crippen LogP contribution in [0.2, 0.25) is 0 Å². The van der Waals surface area contributed by atoms with Gasteiger partial charge in [0.25, 0.3) is 5.91 Å². The zero-order valence-corrected chi connectivity index (χ0v) is 16.3. The van der Waals surface area contributed by atoms with Crippen LogP contribution < -0.4 is 10.1 Å². The van der Waals surface area contributed by atoms with Crippen molar-refractivity contribution in [2.75, 3.05) is 26.0 Å². The summed E-state index contributed by atoms with van der Waals surface area (Å²) >= 11 is 0. The van der Waals surface area contributed by atoms with E-state index in [1.807, 2.05) is 6.92 Å². The van der Waals surface area contributed by atoms with Gasteiger partial charge in [-0.2, -0.15) is 0 Å². The van der Waals surface area contributed by atoms with Gasteiger partial charge in [0, 0.05) is 25.3 Å². The molecule has 0 aliphatic carbocycles. The molecule has 27 heavy (non-hydrogen) atoms. The second kappa shape index (κ2) is 8.96. The van der Waals surface area contributed by atoms with Crippen LogP contribution >= 0.6 is 0 Å². The fourth-order valence-electron chi connectivity index (χ4n) is 2.40. The maximum absolute atomic E-state index is 14.0. The molecule has 0 spiro atoms. The molecule has 2 aromatic rings. The largest absolute Gasteiger partial charge is 0.497 e. The summed E-state index contributed by atoms with van der Waals surface area (Å²) in [6.07, 6.45) is 1.67. The number of nitrogens with one attached hydrogen (secondary N) is 1.